The van der Waals surface area contributed by atoms with Crippen molar-refractivity contribution in [1.29, 1.82) is 0 Å². The van der Waals surface area contributed by atoms with Crippen LogP contribution in [0.25, 0.3) is 0 Å². The van der Waals surface area contributed by atoms with E-state index >= 15 is 0 Å². The van der Waals surface area contributed by atoms with Crippen molar-refractivity contribution >= 4 is 0 Å². The van der Waals surface area contributed by atoms with Gasteiger partial charge in [0.25, 0.3) is 0 Å². The van der Waals surface area contributed by atoms with E-state index in [0.717, 1.165) is 30.2 Å². The zero-order chi connectivity index (χ0) is 18.1. The first-order chi connectivity index (χ1) is 12.1. The lowest BCUT2D eigenvalue weighted by molar-refractivity contribution is -0.0813. The second kappa shape index (κ2) is 11.4. The highest BCUT2D eigenvalue weighted by Crippen LogP contribution is 2.30. The van der Waals surface area contributed by atoms with Crippen LogP contribution in [-0.2, 0) is 4.84 Å². The molecule has 0 saturated heterocycles. The lowest BCUT2D eigenvalue weighted by atomic mass is 9.89. The van der Waals surface area contributed by atoms with Crippen LogP contribution in [0.3, 0.4) is 0 Å². The van der Waals surface area contributed by atoms with E-state index in [-0.39, 0.29) is 6.23 Å². The molecule has 2 aliphatic carbocycles. The van der Waals surface area contributed by atoms with E-state index in [1.165, 1.54) is 57.8 Å². The van der Waals surface area contributed by atoms with Crippen molar-refractivity contribution in [2.45, 2.75) is 77.9 Å². The zero-order valence-electron chi connectivity index (χ0n) is 17.0. The molecule has 25 heavy (non-hydrogen) atoms. The summed E-state index contributed by atoms with van der Waals surface area (Å²) in [5.74, 6) is 3.15. The van der Waals surface area contributed by atoms with E-state index in [9.17, 15) is 0 Å². The minimum Gasteiger partial charge on any atom is -0.317 e. The second-order valence-corrected chi connectivity index (χ2v) is 8.70. The molecule has 4 atom stereocenters. The van der Waals surface area contributed by atoms with Gasteiger partial charge in [0, 0.05) is 19.8 Å². The van der Waals surface area contributed by atoms with Gasteiger partial charge in [0.1, 0.15) is 0 Å². The van der Waals surface area contributed by atoms with Gasteiger partial charge in [-0.25, -0.2) is 5.48 Å². The van der Waals surface area contributed by atoms with Crippen LogP contribution in [-0.4, -0.2) is 31.8 Å². The molecule has 1 N–H and O–H groups in total. The highest BCUT2D eigenvalue weighted by molar-refractivity contribution is 4.90. The number of hydrogen-bond acceptors (Lipinski definition) is 3. The lowest BCUT2D eigenvalue weighted by Crippen LogP contribution is -2.41. The van der Waals surface area contributed by atoms with Gasteiger partial charge in [-0.05, 0) is 50.5 Å². The van der Waals surface area contributed by atoms with Crippen LogP contribution in [0.4, 0.5) is 0 Å². The second-order valence-electron chi connectivity index (χ2n) is 8.70. The highest BCUT2D eigenvalue weighted by Gasteiger charge is 2.20. The SMILES string of the molecule is CNOC([CH-]CC1CCCC1)N(C)CC1CCC(C)/C=C\CC(C)C1. The summed E-state index contributed by atoms with van der Waals surface area (Å²) in [4.78, 5) is 8.26. The van der Waals surface area contributed by atoms with Gasteiger partial charge in [-0.3, -0.25) is 6.42 Å². The molecule has 0 amide bonds. The standard InChI is InChI=1S/C22H41N2O/c1-18-8-7-9-19(2)16-21(13-12-18)17-24(4)22(25-23-3)15-14-20-10-5-6-11-20/h7-8,15,18-23H,5-6,9-14,16-17H2,1-4H3/q-1/b8-7-. The first kappa shape index (κ1) is 20.9. The Kier molecular flexibility index (Phi) is 9.51. The van der Waals surface area contributed by atoms with Crippen LogP contribution in [0.1, 0.15) is 71.6 Å². The van der Waals surface area contributed by atoms with E-state index in [2.05, 4.69) is 49.8 Å². The predicted molar refractivity (Wildman–Crippen MR) is 107 cm³/mol. The van der Waals surface area contributed by atoms with Crippen LogP contribution < -0.4 is 5.48 Å². The molecule has 3 heteroatoms. The Labute approximate surface area is 156 Å². The average Bonchev–Trinajstić information content (AvgIpc) is 3.10. The summed E-state index contributed by atoms with van der Waals surface area (Å²) < 4.78 is 0. The predicted octanol–water partition coefficient (Wildman–Crippen LogP) is 5.20. The molecular formula is C22H41N2O-. The number of rotatable bonds is 8. The maximum atomic E-state index is 5.84. The largest absolute Gasteiger partial charge is 0.317 e. The van der Waals surface area contributed by atoms with Crippen LogP contribution >= 0.6 is 0 Å². The summed E-state index contributed by atoms with van der Waals surface area (Å²) in [5.41, 5.74) is 2.93. The minimum absolute atomic E-state index is 0.0871. The van der Waals surface area contributed by atoms with Gasteiger partial charge >= 0.3 is 0 Å². The number of nitrogens with zero attached hydrogens (tertiary/aromatic N) is 1. The average molecular weight is 350 g/mol. The summed E-state index contributed by atoms with van der Waals surface area (Å²) >= 11 is 0. The molecule has 146 valence electrons. The molecule has 1 saturated carbocycles. The number of nitrogens with one attached hydrogen (secondary N) is 1. The van der Waals surface area contributed by atoms with Gasteiger partial charge in [-0.15, -0.1) is 0 Å². The van der Waals surface area contributed by atoms with Gasteiger partial charge in [-0.2, -0.15) is 6.42 Å². The fourth-order valence-electron chi connectivity index (χ4n) is 4.59. The van der Waals surface area contributed by atoms with E-state index in [1.54, 1.807) is 0 Å². The Morgan fingerprint density at radius 3 is 2.64 bits per heavy atom. The Morgan fingerprint density at radius 1 is 1.16 bits per heavy atom. The lowest BCUT2D eigenvalue weighted by Gasteiger charge is -2.38. The number of hydrogen-bond donors (Lipinski definition) is 1. The molecule has 1 fully saturated rings. The van der Waals surface area contributed by atoms with Crippen molar-refractivity contribution in [3.8, 4) is 0 Å². The zero-order valence-corrected chi connectivity index (χ0v) is 17.0. The third kappa shape index (κ3) is 7.80. The van der Waals surface area contributed by atoms with Crippen molar-refractivity contribution < 1.29 is 4.84 Å². The van der Waals surface area contributed by atoms with Gasteiger partial charge < -0.3 is 9.74 Å². The summed E-state index contributed by atoms with van der Waals surface area (Å²) in [7, 11) is 4.10. The van der Waals surface area contributed by atoms with E-state index in [4.69, 9.17) is 4.84 Å². The molecule has 0 spiro atoms. The Bertz CT molecular complexity index is 378. The third-order valence-corrected chi connectivity index (χ3v) is 6.13. The molecule has 0 radical (unpaired) electrons. The Morgan fingerprint density at radius 2 is 1.92 bits per heavy atom. The first-order valence-electron chi connectivity index (χ1n) is 10.6. The quantitative estimate of drug-likeness (QED) is 0.282. The molecule has 0 aliphatic heterocycles. The summed E-state index contributed by atoms with van der Waals surface area (Å²) in [5, 5.41) is 0. The number of hydroxylamine groups is 1. The van der Waals surface area contributed by atoms with Crippen LogP contribution in [0, 0.1) is 30.1 Å². The summed E-state index contributed by atoms with van der Waals surface area (Å²) in [6.07, 6.45) is 19.3. The molecule has 3 nitrogen and oxygen atoms in total. The minimum atomic E-state index is 0.0871. The molecule has 2 aliphatic rings. The Balaban J connectivity index is 1.84. The molecule has 0 heterocycles. The highest BCUT2D eigenvalue weighted by atomic mass is 16.7. The van der Waals surface area contributed by atoms with Crippen LogP contribution in [0.2, 0.25) is 0 Å². The first-order valence-corrected chi connectivity index (χ1v) is 10.6. The van der Waals surface area contributed by atoms with Gasteiger partial charge in [0.2, 0.25) is 0 Å². The molecule has 0 aromatic heterocycles. The number of allylic oxidation sites excluding steroid dienone is 2. The van der Waals surface area contributed by atoms with E-state index in [0.29, 0.717) is 0 Å². The fraction of sp³-hybridized carbons (Fsp3) is 0.864. The van der Waals surface area contributed by atoms with Gasteiger partial charge in [0.05, 0.1) is 0 Å². The van der Waals surface area contributed by atoms with Gasteiger partial charge in [-0.1, -0.05) is 57.6 Å². The van der Waals surface area contributed by atoms with Crippen molar-refractivity contribution in [2.75, 3.05) is 20.6 Å². The van der Waals surface area contributed by atoms with E-state index in [1.807, 2.05) is 7.05 Å². The molecule has 0 aromatic rings. The monoisotopic (exact) mass is 349 g/mol. The fourth-order valence-corrected chi connectivity index (χ4v) is 4.59. The van der Waals surface area contributed by atoms with Crippen LogP contribution in [0.5, 0.6) is 0 Å². The van der Waals surface area contributed by atoms with Gasteiger partial charge in [0.15, 0.2) is 0 Å². The van der Waals surface area contributed by atoms with Crippen molar-refractivity contribution in [2.24, 2.45) is 23.7 Å². The molecule has 0 bridgehead atoms. The van der Waals surface area contributed by atoms with Crippen molar-refractivity contribution in [3.63, 3.8) is 0 Å². The summed E-state index contributed by atoms with van der Waals surface area (Å²) in [6.45, 7) is 5.89. The molecule has 4 unspecified atom stereocenters. The van der Waals surface area contributed by atoms with Crippen molar-refractivity contribution in [3.05, 3.63) is 18.6 Å². The maximum absolute atomic E-state index is 5.84. The van der Waals surface area contributed by atoms with Crippen LogP contribution in [0.15, 0.2) is 12.2 Å². The smallest absolute Gasteiger partial charge is 0.00949 e. The third-order valence-electron chi connectivity index (χ3n) is 6.13. The van der Waals surface area contributed by atoms with E-state index < -0.39 is 0 Å². The Hall–Kier alpha value is -0.380. The topological polar surface area (TPSA) is 24.5 Å². The molecule has 2 rings (SSSR count). The molecule has 0 aromatic carbocycles. The maximum Gasteiger partial charge on any atom is 0.00949 e. The molecular weight excluding hydrogens is 308 g/mol. The summed E-state index contributed by atoms with van der Waals surface area (Å²) in [6, 6.07) is 0. The van der Waals surface area contributed by atoms with Crippen molar-refractivity contribution in [1.82, 2.24) is 10.4 Å². The normalized spacial score (nSPS) is 31.5.